The minimum absolute atomic E-state index is 0.326. The molecule has 0 aromatic heterocycles. The van der Waals surface area contributed by atoms with Gasteiger partial charge in [0.2, 0.25) is 0 Å². The van der Waals surface area contributed by atoms with Gasteiger partial charge in [-0.25, -0.2) is 14.7 Å². The van der Waals surface area contributed by atoms with Crippen LogP contribution < -0.4 is 0 Å². The molecule has 47 heavy (non-hydrogen) atoms. The zero-order valence-electron chi connectivity index (χ0n) is 28.2. The van der Waals surface area contributed by atoms with E-state index in [2.05, 4.69) is 74.5 Å². The van der Waals surface area contributed by atoms with Crippen molar-refractivity contribution in [1.82, 2.24) is 0 Å². The van der Waals surface area contributed by atoms with Crippen molar-refractivity contribution in [2.45, 2.75) is 108 Å². The van der Waals surface area contributed by atoms with Crippen molar-refractivity contribution < 1.29 is 19.9 Å². The largest absolute Gasteiger partial charge is 0.251 e. The van der Waals surface area contributed by atoms with Crippen molar-refractivity contribution in [3.05, 3.63) is 143 Å². The van der Waals surface area contributed by atoms with Gasteiger partial charge in [0.15, 0.2) is 0 Å². The highest BCUT2D eigenvalue weighted by Crippen LogP contribution is 2.45. The first-order valence-electron chi connectivity index (χ1n) is 18.0. The van der Waals surface area contributed by atoms with Crippen LogP contribution in [0.25, 0.3) is 0 Å². The Balaban J connectivity index is 1.21. The summed E-state index contributed by atoms with van der Waals surface area (Å²) < 4.78 is 0. The van der Waals surface area contributed by atoms with Crippen LogP contribution >= 0.6 is 0 Å². The molecule has 248 valence electrons. The van der Waals surface area contributed by atoms with Gasteiger partial charge in [0.05, 0.1) is 5.92 Å². The van der Waals surface area contributed by atoms with Crippen molar-refractivity contribution in [1.29, 1.82) is 0 Å². The predicted octanol–water partition coefficient (Wildman–Crippen LogP) is 11.9. The lowest BCUT2D eigenvalue weighted by atomic mass is 9.78. The Morgan fingerprint density at radius 3 is 1.66 bits per heavy atom. The van der Waals surface area contributed by atoms with Gasteiger partial charge in [-0.15, -0.1) is 0 Å². The lowest BCUT2D eigenvalue weighted by Gasteiger charge is -2.32. The first-order valence-corrected chi connectivity index (χ1v) is 18.0. The number of hydrogen-bond acceptors (Lipinski definition) is 4. The molecule has 4 aromatic rings. The quantitative estimate of drug-likeness (QED) is 0.118. The van der Waals surface area contributed by atoms with Gasteiger partial charge in [-0.3, -0.25) is 5.26 Å². The second-order valence-corrected chi connectivity index (χ2v) is 14.1. The average Bonchev–Trinajstić information content (AvgIpc) is 3.14. The highest BCUT2D eigenvalue weighted by atomic mass is 17.2. The molecule has 0 aliphatic heterocycles. The summed E-state index contributed by atoms with van der Waals surface area (Å²) in [5.41, 5.74) is 6.73. The second kappa shape index (κ2) is 16.7. The Hall–Kier alpha value is -3.28. The summed E-state index contributed by atoms with van der Waals surface area (Å²) in [6.45, 7) is 5.00. The van der Waals surface area contributed by atoms with Crippen molar-refractivity contribution in [2.24, 2.45) is 11.8 Å². The average molecular weight is 633 g/mol. The van der Waals surface area contributed by atoms with Crippen LogP contribution in [0.15, 0.2) is 109 Å². The maximum Gasteiger partial charge on any atom is 0.128 e. The van der Waals surface area contributed by atoms with Crippen LogP contribution in [-0.2, 0) is 21.3 Å². The van der Waals surface area contributed by atoms with Gasteiger partial charge in [-0.05, 0) is 95.6 Å². The van der Waals surface area contributed by atoms with Crippen LogP contribution in [0, 0.1) is 11.8 Å². The molecule has 1 N–H and O–H groups in total. The summed E-state index contributed by atoms with van der Waals surface area (Å²) in [5.74, 6) is 2.59. The highest BCUT2D eigenvalue weighted by Gasteiger charge is 2.36. The van der Waals surface area contributed by atoms with Crippen molar-refractivity contribution in [2.75, 3.05) is 0 Å². The van der Waals surface area contributed by atoms with Crippen molar-refractivity contribution >= 4 is 0 Å². The Labute approximate surface area is 282 Å². The summed E-state index contributed by atoms with van der Waals surface area (Å²) in [7, 11) is 0. The monoisotopic (exact) mass is 632 g/mol. The molecule has 0 saturated heterocycles. The summed E-state index contributed by atoms with van der Waals surface area (Å²) in [6.07, 6.45) is 10.4. The van der Waals surface area contributed by atoms with E-state index in [1.54, 1.807) is 0 Å². The summed E-state index contributed by atoms with van der Waals surface area (Å²) >= 11 is 0. The maximum absolute atomic E-state index is 10.5. The fourth-order valence-electron chi connectivity index (χ4n) is 8.00. The summed E-state index contributed by atoms with van der Waals surface area (Å²) in [6, 6.07) is 37.8. The van der Waals surface area contributed by atoms with Gasteiger partial charge in [0, 0.05) is 0 Å². The van der Waals surface area contributed by atoms with Crippen molar-refractivity contribution in [3.63, 3.8) is 0 Å². The molecule has 3 atom stereocenters. The molecule has 0 heterocycles. The Bertz CT molecular complexity index is 1450. The normalized spacial score (nSPS) is 23.6. The van der Waals surface area contributed by atoms with Crippen LogP contribution in [0.2, 0.25) is 0 Å². The molecule has 6 rings (SSSR count). The van der Waals surface area contributed by atoms with E-state index in [1.807, 2.05) is 48.5 Å². The first-order chi connectivity index (χ1) is 23.1. The minimum atomic E-state index is -0.672. The lowest BCUT2D eigenvalue weighted by molar-refractivity contribution is -0.356. The third-order valence-corrected chi connectivity index (χ3v) is 11.1. The van der Waals surface area contributed by atoms with Gasteiger partial charge in [-0.2, -0.15) is 0 Å². The molecule has 4 nitrogen and oxygen atoms in total. The van der Waals surface area contributed by atoms with Gasteiger partial charge in [0.1, 0.15) is 18.8 Å². The van der Waals surface area contributed by atoms with Gasteiger partial charge < -0.3 is 0 Å². The molecular formula is C43H52O4. The topological polar surface area (TPSA) is 47.9 Å². The summed E-state index contributed by atoms with van der Waals surface area (Å²) in [4.78, 5) is 17.8. The molecule has 2 aliphatic rings. The first kappa shape index (κ1) is 33.6. The van der Waals surface area contributed by atoms with Crippen LogP contribution in [0.3, 0.4) is 0 Å². The Morgan fingerprint density at radius 1 is 0.596 bits per heavy atom. The van der Waals surface area contributed by atoms with Gasteiger partial charge in [-0.1, -0.05) is 142 Å². The van der Waals surface area contributed by atoms with E-state index >= 15 is 0 Å². The third kappa shape index (κ3) is 8.61. The second-order valence-electron chi connectivity index (χ2n) is 14.1. The molecule has 2 saturated carbocycles. The fourth-order valence-corrected chi connectivity index (χ4v) is 8.00. The molecular weight excluding hydrogens is 580 g/mol. The maximum atomic E-state index is 10.5. The molecule has 1 unspecified atom stereocenters. The van der Waals surface area contributed by atoms with Gasteiger partial charge in [0.25, 0.3) is 0 Å². The number of benzene rings is 4. The standard InChI is InChI=1S/C43H52O4/c1-3-32-16-22-35(23-17-32)36-24-18-33(19-25-36)30-45-47-43(39-12-8-5-9-13-39)41(38-10-6-4-7-11-38)42(46-44)40-28-26-37(27-29-40)34-20-14-31(2)15-21-34/h4-13,18-19,24-29,31-32,34-35,41-44H,3,14-17,20-23,30H2,1-2H3/t31?,32?,34?,35?,41-,42?,43+/m0/s1. The molecule has 2 aliphatic carbocycles. The van der Waals surface area contributed by atoms with Crippen LogP contribution in [0.1, 0.15) is 135 Å². The molecule has 0 spiro atoms. The fraction of sp³-hybridized carbons (Fsp3) is 0.442. The van der Waals surface area contributed by atoms with Crippen LogP contribution in [0.5, 0.6) is 0 Å². The van der Waals surface area contributed by atoms with Crippen LogP contribution in [-0.4, -0.2) is 5.26 Å². The Morgan fingerprint density at radius 2 is 1.11 bits per heavy atom. The number of rotatable bonds is 13. The smallest absolute Gasteiger partial charge is 0.128 e. The molecule has 4 heteroatoms. The molecule has 0 amide bonds. The SMILES string of the molecule is CCC1CCC(c2ccc(COO[C@H](c3ccccc3)[C@@H](c3ccccc3)C(OO)c3ccc(C4CCC(C)CC4)cc3)cc2)CC1. The lowest BCUT2D eigenvalue weighted by Crippen LogP contribution is -2.23. The Kier molecular flexibility index (Phi) is 11.9. The van der Waals surface area contributed by atoms with E-state index in [0.29, 0.717) is 18.4 Å². The van der Waals surface area contributed by atoms with E-state index < -0.39 is 12.2 Å². The van der Waals surface area contributed by atoms with E-state index in [1.165, 1.54) is 68.9 Å². The zero-order chi connectivity index (χ0) is 32.4. The van der Waals surface area contributed by atoms with E-state index in [9.17, 15) is 5.26 Å². The molecule has 0 radical (unpaired) electrons. The van der Waals surface area contributed by atoms with E-state index in [4.69, 9.17) is 14.7 Å². The predicted molar refractivity (Wildman–Crippen MR) is 189 cm³/mol. The van der Waals surface area contributed by atoms with Crippen molar-refractivity contribution in [3.8, 4) is 0 Å². The molecule has 2 fully saturated rings. The highest BCUT2D eigenvalue weighted by molar-refractivity contribution is 5.34. The van der Waals surface area contributed by atoms with Gasteiger partial charge >= 0.3 is 0 Å². The minimum Gasteiger partial charge on any atom is -0.251 e. The number of hydrogen-bond donors (Lipinski definition) is 1. The third-order valence-electron chi connectivity index (χ3n) is 11.1. The van der Waals surface area contributed by atoms with E-state index in [0.717, 1.165) is 34.1 Å². The summed E-state index contributed by atoms with van der Waals surface area (Å²) in [5, 5.41) is 10.5. The van der Waals surface area contributed by atoms with Crippen LogP contribution in [0.4, 0.5) is 0 Å². The zero-order valence-corrected chi connectivity index (χ0v) is 28.2. The molecule has 0 bridgehead atoms. The molecule has 4 aromatic carbocycles. The van der Waals surface area contributed by atoms with E-state index in [-0.39, 0.29) is 5.92 Å².